The molecule has 3 aliphatic rings. The first-order valence-corrected chi connectivity index (χ1v) is 11.6. The third kappa shape index (κ3) is 3.97. The van der Waals surface area contributed by atoms with Crippen LogP contribution in [0.3, 0.4) is 0 Å². The van der Waals surface area contributed by atoms with Crippen LogP contribution in [0.1, 0.15) is 66.4 Å². The number of hydrogen-bond donors (Lipinski definition) is 0. The Hall–Kier alpha value is -1.99. The summed E-state index contributed by atoms with van der Waals surface area (Å²) in [5.41, 5.74) is 5.06. The number of morpholine rings is 1. The second-order valence-corrected chi connectivity index (χ2v) is 9.11. The number of ether oxygens (including phenoxy) is 1. The maximum Gasteiger partial charge on any atom is 0.131 e. The van der Waals surface area contributed by atoms with Gasteiger partial charge in [0.05, 0.1) is 18.9 Å². The quantitative estimate of drug-likeness (QED) is 0.772. The topological polar surface area (TPSA) is 59.3 Å². The van der Waals surface area contributed by atoms with E-state index >= 15 is 0 Å². The molecule has 0 spiro atoms. The average molecular weight is 411 g/mol. The van der Waals surface area contributed by atoms with Gasteiger partial charge in [-0.2, -0.15) is 5.10 Å². The van der Waals surface area contributed by atoms with Crippen molar-refractivity contribution in [2.24, 2.45) is 7.05 Å². The number of aromatic nitrogens is 4. The molecule has 0 aromatic carbocycles. The van der Waals surface area contributed by atoms with Crippen molar-refractivity contribution in [2.45, 2.75) is 64.5 Å². The molecular formula is C23H34N6O. The fourth-order valence-electron chi connectivity index (χ4n) is 5.35. The Kier molecular flexibility index (Phi) is 5.74. The van der Waals surface area contributed by atoms with Gasteiger partial charge in [-0.25, -0.2) is 9.97 Å². The fourth-order valence-corrected chi connectivity index (χ4v) is 5.35. The molecule has 7 heteroatoms. The summed E-state index contributed by atoms with van der Waals surface area (Å²) in [7, 11) is 2.06. The number of nitrogens with zero attached hydrogens (tertiary/aromatic N) is 6. The summed E-state index contributed by atoms with van der Waals surface area (Å²) in [6.07, 6.45) is 9.67. The molecule has 7 nitrogen and oxygen atoms in total. The van der Waals surface area contributed by atoms with Gasteiger partial charge in [-0.1, -0.05) is 19.3 Å². The van der Waals surface area contributed by atoms with Crippen molar-refractivity contribution < 1.29 is 4.74 Å². The lowest BCUT2D eigenvalue weighted by Gasteiger charge is -2.32. The highest BCUT2D eigenvalue weighted by molar-refractivity contribution is 5.50. The molecule has 0 atom stereocenters. The van der Waals surface area contributed by atoms with E-state index in [0.29, 0.717) is 5.92 Å². The largest absolute Gasteiger partial charge is 0.378 e. The van der Waals surface area contributed by atoms with E-state index < -0.39 is 0 Å². The van der Waals surface area contributed by atoms with Crippen LogP contribution in [-0.2, 0) is 31.3 Å². The predicted octanol–water partition coefficient (Wildman–Crippen LogP) is 2.96. The minimum atomic E-state index is 0.580. The monoisotopic (exact) mass is 410 g/mol. The second-order valence-electron chi connectivity index (χ2n) is 9.11. The molecule has 0 unspecified atom stereocenters. The van der Waals surface area contributed by atoms with Crippen molar-refractivity contribution in [3.8, 4) is 0 Å². The first-order valence-electron chi connectivity index (χ1n) is 11.6. The first kappa shape index (κ1) is 19.9. The van der Waals surface area contributed by atoms with Crippen LogP contribution in [0.5, 0.6) is 0 Å². The van der Waals surface area contributed by atoms with Gasteiger partial charge in [-0.05, 0) is 19.8 Å². The molecular weight excluding hydrogens is 376 g/mol. The molecule has 2 aromatic heterocycles. The van der Waals surface area contributed by atoms with Gasteiger partial charge >= 0.3 is 0 Å². The third-order valence-corrected chi connectivity index (χ3v) is 7.01. The summed E-state index contributed by atoms with van der Waals surface area (Å²) in [4.78, 5) is 14.8. The Balaban J connectivity index is 1.31. The zero-order valence-corrected chi connectivity index (χ0v) is 18.4. The molecule has 5 rings (SSSR count). The lowest BCUT2D eigenvalue weighted by Crippen LogP contribution is -2.38. The molecule has 1 aliphatic carbocycles. The molecule has 0 radical (unpaired) electrons. The number of anilines is 1. The van der Waals surface area contributed by atoms with E-state index in [4.69, 9.17) is 19.8 Å². The van der Waals surface area contributed by atoms with Crippen LogP contribution in [0.25, 0.3) is 0 Å². The minimum absolute atomic E-state index is 0.580. The minimum Gasteiger partial charge on any atom is -0.378 e. The number of hydrogen-bond acceptors (Lipinski definition) is 6. The Morgan fingerprint density at radius 3 is 2.70 bits per heavy atom. The maximum atomic E-state index is 5.55. The van der Waals surface area contributed by atoms with Gasteiger partial charge in [-0.15, -0.1) is 0 Å². The van der Waals surface area contributed by atoms with Gasteiger partial charge in [0.25, 0.3) is 0 Å². The zero-order chi connectivity index (χ0) is 20.5. The normalized spacial score (nSPS) is 21.1. The highest BCUT2D eigenvalue weighted by atomic mass is 16.5. The standard InChI is InChI=1S/C23H34N6O/c1-17-20(23(27(2)26-17)29-10-12-30-13-11-29)16-28-9-8-21-19(15-28)14-24-22(25-21)18-6-4-3-5-7-18/h14,18H,3-13,15-16H2,1-2H3. The van der Waals surface area contributed by atoms with Gasteiger partial charge in [0, 0.05) is 75.1 Å². The molecule has 30 heavy (non-hydrogen) atoms. The highest BCUT2D eigenvalue weighted by Gasteiger charge is 2.26. The summed E-state index contributed by atoms with van der Waals surface area (Å²) in [5.74, 6) is 2.93. The summed E-state index contributed by atoms with van der Waals surface area (Å²) in [6, 6.07) is 0. The zero-order valence-electron chi connectivity index (χ0n) is 18.4. The molecule has 1 saturated carbocycles. The van der Waals surface area contributed by atoms with E-state index in [1.54, 1.807) is 0 Å². The summed E-state index contributed by atoms with van der Waals surface area (Å²) < 4.78 is 7.60. The van der Waals surface area contributed by atoms with Crippen LogP contribution in [0.2, 0.25) is 0 Å². The van der Waals surface area contributed by atoms with Crippen LogP contribution in [0, 0.1) is 6.92 Å². The summed E-state index contributed by atoms with van der Waals surface area (Å²) in [6.45, 7) is 8.50. The summed E-state index contributed by atoms with van der Waals surface area (Å²) >= 11 is 0. The van der Waals surface area contributed by atoms with Gasteiger partial charge in [0.1, 0.15) is 11.6 Å². The van der Waals surface area contributed by atoms with Crippen LogP contribution in [0.15, 0.2) is 6.20 Å². The average Bonchev–Trinajstić information content (AvgIpc) is 3.07. The van der Waals surface area contributed by atoms with E-state index in [-0.39, 0.29) is 0 Å². The lowest BCUT2D eigenvalue weighted by molar-refractivity contribution is 0.122. The second kappa shape index (κ2) is 8.63. The molecule has 0 amide bonds. The molecule has 2 aliphatic heterocycles. The lowest BCUT2D eigenvalue weighted by atomic mass is 9.88. The molecule has 0 bridgehead atoms. The molecule has 2 aromatic rings. The fraction of sp³-hybridized carbons (Fsp3) is 0.696. The third-order valence-electron chi connectivity index (χ3n) is 7.01. The van der Waals surface area contributed by atoms with Crippen molar-refractivity contribution in [3.63, 3.8) is 0 Å². The van der Waals surface area contributed by atoms with E-state index in [0.717, 1.165) is 63.9 Å². The molecule has 1 saturated heterocycles. The van der Waals surface area contributed by atoms with Crippen molar-refractivity contribution in [3.05, 3.63) is 34.5 Å². The SMILES string of the molecule is Cc1nn(C)c(N2CCOCC2)c1CN1CCc2nc(C3CCCCC3)ncc2C1. The molecule has 0 N–H and O–H groups in total. The van der Waals surface area contributed by atoms with E-state index in [1.807, 2.05) is 4.68 Å². The van der Waals surface area contributed by atoms with Crippen molar-refractivity contribution in [2.75, 3.05) is 37.7 Å². The van der Waals surface area contributed by atoms with Crippen molar-refractivity contribution in [1.29, 1.82) is 0 Å². The first-order chi connectivity index (χ1) is 14.7. The van der Waals surface area contributed by atoms with Crippen molar-refractivity contribution in [1.82, 2.24) is 24.6 Å². The Bertz CT molecular complexity index is 882. The maximum absolute atomic E-state index is 5.55. The number of fused-ring (bicyclic) bond motifs is 1. The van der Waals surface area contributed by atoms with Gasteiger partial charge in [-0.3, -0.25) is 9.58 Å². The Morgan fingerprint density at radius 2 is 1.90 bits per heavy atom. The van der Waals surface area contributed by atoms with Gasteiger partial charge in [0.15, 0.2) is 0 Å². The summed E-state index contributed by atoms with van der Waals surface area (Å²) in [5, 5.41) is 4.74. The van der Waals surface area contributed by atoms with Crippen LogP contribution in [0.4, 0.5) is 5.82 Å². The predicted molar refractivity (Wildman–Crippen MR) is 117 cm³/mol. The molecule has 2 fully saturated rings. The molecule has 162 valence electrons. The van der Waals surface area contributed by atoms with Crippen LogP contribution < -0.4 is 4.90 Å². The number of aryl methyl sites for hydroxylation is 2. The van der Waals surface area contributed by atoms with Crippen LogP contribution in [-0.4, -0.2) is 57.5 Å². The van der Waals surface area contributed by atoms with Gasteiger partial charge < -0.3 is 9.64 Å². The van der Waals surface area contributed by atoms with E-state index in [2.05, 4.69) is 30.0 Å². The highest BCUT2D eigenvalue weighted by Crippen LogP contribution is 2.32. The van der Waals surface area contributed by atoms with Crippen molar-refractivity contribution >= 4 is 5.82 Å². The van der Waals surface area contributed by atoms with Gasteiger partial charge in [0.2, 0.25) is 0 Å². The Labute approximate surface area is 179 Å². The van der Waals surface area contributed by atoms with Crippen LogP contribution >= 0.6 is 0 Å². The smallest absolute Gasteiger partial charge is 0.131 e. The van der Waals surface area contributed by atoms with E-state index in [9.17, 15) is 0 Å². The van der Waals surface area contributed by atoms with E-state index in [1.165, 1.54) is 54.7 Å². The Morgan fingerprint density at radius 1 is 1.10 bits per heavy atom. The molecule has 4 heterocycles. The number of rotatable bonds is 4.